The first kappa shape index (κ1) is 27.1. The van der Waals surface area contributed by atoms with Gasteiger partial charge in [-0.25, -0.2) is 9.59 Å². The van der Waals surface area contributed by atoms with E-state index in [2.05, 4.69) is 5.32 Å². The summed E-state index contributed by atoms with van der Waals surface area (Å²) in [7, 11) is 0. The van der Waals surface area contributed by atoms with Gasteiger partial charge in [0.25, 0.3) is 5.91 Å². The molecule has 0 aliphatic carbocycles. The average Bonchev–Trinajstić information content (AvgIpc) is 2.83. The van der Waals surface area contributed by atoms with Crippen LogP contribution in [0.15, 0.2) is 18.2 Å². The molecule has 0 saturated carbocycles. The van der Waals surface area contributed by atoms with Gasteiger partial charge in [-0.15, -0.1) is 0 Å². The number of amides is 3. The summed E-state index contributed by atoms with van der Waals surface area (Å²) in [6.07, 6.45) is 3.94. The van der Waals surface area contributed by atoms with Crippen molar-refractivity contribution in [3.8, 4) is 5.75 Å². The van der Waals surface area contributed by atoms with E-state index in [1.807, 2.05) is 52.8 Å². The summed E-state index contributed by atoms with van der Waals surface area (Å²) in [4.78, 5) is 40.9. The standard InChI is InChI=1S/C28H41N3O6/c1-19(2)35-25(33)31-16-12-28(13-17-31)11-8-20-18-21(6-7-23(20)36-28)24(32)29-22-9-14-30(15-10-22)26(34)37-27(3,4)5/h6-7,18-19,22H,8-17H2,1-5H3,(H,29,32). The Hall–Kier alpha value is -2.97. The number of piperidine rings is 2. The lowest BCUT2D eigenvalue weighted by atomic mass is 9.83. The van der Waals surface area contributed by atoms with Crippen molar-refractivity contribution in [3.63, 3.8) is 0 Å². The number of hydrogen-bond acceptors (Lipinski definition) is 6. The van der Waals surface area contributed by atoms with E-state index in [1.165, 1.54) is 0 Å². The van der Waals surface area contributed by atoms with Gasteiger partial charge in [0, 0.05) is 50.6 Å². The molecule has 2 fully saturated rings. The van der Waals surface area contributed by atoms with Crippen molar-refractivity contribution in [1.82, 2.24) is 15.1 Å². The third-order valence-electron chi connectivity index (χ3n) is 7.25. The molecule has 3 amide bonds. The van der Waals surface area contributed by atoms with Crippen LogP contribution in [0.1, 0.15) is 82.6 Å². The lowest BCUT2D eigenvalue weighted by molar-refractivity contribution is -0.0173. The lowest BCUT2D eigenvalue weighted by Gasteiger charge is -2.44. The Morgan fingerprint density at radius 1 is 1.00 bits per heavy atom. The summed E-state index contributed by atoms with van der Waals surface area (Å²) >= 11 is 0. The van der Waals surface area contributed by atoms with E-state index in [0.29, 0.717) is 44.6 Å². The van der Waals surface area contributed by atoms with Gasteiger partial charge in [-0.05, 0) is 84.1 Å². The molecule has 9 nitrogen and oxygen atoms in total. The van der Waals surface area contributed by atoms with E-state index in [4.69, 9.17) is 14.2 Å². The quantitative estimate of drug-likeness (QED) is 0.636. The van der Waals surface area contributed by atoms with E-state index in [0.717, 1.165) is 37.0 Å². The van der Waals surface area contributed by atoms with Crippen molar-refractivity contribution in [1.29, 1.82) is 0 Å². The average molecular weight is 516 g/mol. The minimum atomic E-state index is -0.517. The Kier molecular flexibility index (Phi) is 7.90. The van der Waals surface area contributed by atoms with Crippen LogP contribution in [-0.2, 0) is 15.9 Å². The number of carbonyl (C=O) groups excluding carboxylic acids is 3. The molecule has 0 unspecified atom stereocenters. The van der Waals surface area contributed by atoms with Crippen molar-refractivity contribution in [3.05, 3.63) is 29.3 Å². The zero-order valence-corrected chi connectivity index (χ0v) is 22.8. The summed E-state index contributed by atoms with van der Waals surface area (Å²) < 4.78 is 17.2. The molecule has 37 heavy (non-hydrogen) atoms. The van der Waals surface area contributed by atoms with Crippen LogP contribution in [0.25, 0.3) is 0 Å². The molecule has 1 N–H and O–H groups in total. The second kappa shape index (κ2) is 10.8. The number of carbonyl (C=O) groups is 3. The highest BCUT2D eigenvalue weighted by Crippen LogP contribution is 2.39. The highest BCUT2D eigenvalue weighted by molar-refractivity contribution is 5.94. The van der Waals surface area contributed by atoms with Crippen molar-refractivity contribution < 1.29 is 28.6 Å². The second-order valence-electron chi connectivity index (χ2n) is 11.7. The first-order valence-electron chi connectivity index (χ1n) is 13.5. The minimum Gasteiger partial charge on any atom is -0.487 e. The Morgan fingerprint density at radius 3 is 2.27 bits per heavy atom. The summed E-state index contributed by atoms with van der Waals surface area (Å²) in [5.74, 6) is 0.724. The van der Waals surface area contributed by atoms with E-state index < -0.39 is 5.60 Å². The van der Waals surface area contributed by atoms with Crippen LogP contribution in [-0.4, -0.2) is 77.4 Å². The molecule has 0 atom stereocenters. The van der Waals surface area contributed by atoms with E-state index in [9.17, 15) is 14.4 Å². The van der Waals surface area contributed by atoms with Crippen LogP contribution in [0, 0.1) is 0 Å². The van der Waals surface area contributed by atoms with Gasteiger partial charge >= 0.3 is 12.2 Å². The first-order chi connectivity index (χ1) is 17.4. The molecule has 3 aliphatic rings. The molecule has 4 rings (SSSR count). The number of ether oxygens (including phenoxy) is 3. The van der Waals surface area contributed by atoms with Gasteiger partial charge < -0.3 is 29.3 Å². The van der Waals surface area contributed by atoms with Crippen molar-refractivity contribution in [2.45, 2.75) is 96.5 Å². The lowest BCUT2D eigenvalue weighted by Crippen LogP contribution is -2.51. The largest absolute Gasteiger partial charge is 0.487 e. The number of nitrogens with one attached hydrogen (secondary N) is 1. The van der Waals surface area contributed by atoms with E-state index in [1.54, 1.807) is 9.80 Å². The molecule has 0 bridgehead atoms. The van der Waals surface area contributed by atoms with Gasteiger partial charge in [0.15, 0.2) is 0 Å². The Labute approximate surface area is 219 Å². The maximum atomic E-state index is 13.0. The number of fused-ring (bicyclic) bond motifs is 1. The van der Waals surface area contributed by atoms with Crippen molar-refractivity contribution in [2.75, 3.05) is 26.2 Å². The molecular weight excluding hydrogens is 474 g/mol. The van der Waals surface area contributed by atoms with E-state index in [-0.39, 0.29) is 35.8 Å². The van der Waals surface area contributed by atoms with Crippen LogP contribution in [0.5, 0.6) is 5.75 Å². The zero-order valence-electron chi connectivity index (χ0n) is 22.8. The van der Waals surface area contributed by atoms with Gasteiger partial charge in [-0.2, -0.15) is 0 Å². The number of benzene rings is 1. The van der Waals surface area contributed by atoms with Gasteiger partial charge in [-0.1, -0.05) is 0 Å². The molecule has 1 aromatic rings. The summed E-state index contributed by atoms with van der Waals surface area (Å²) in [5.41, 5.74) is 0.878. The summed E-state index contributed by atoms with van der Waals surface area (Å²) in [6.45, 7) is 11.6. The fourth-order valence-corrected chi connectivity index (χ4v) is 5.19. The Bertz CT molecular complexity index is 1000. The van der Waals surface area contributed by atoms with Crippen LogP contribution >= 0.6 is 0 Å². The van der Waals surface area contributed by atoms with Crippen LogP contribution in [0.3, 0.4) is 0 Å². The maximum absolute atomic E-state index is 13.0. The fourth-order valence-electron chi connectivity index (χ4n) is 5.19. The topological polar surface area (TPSA) is 97.4 Å². The fraction of sp³-hybridized carbons (Fsp3) is 0.679. The molecule has 1 aromatic carbocycles. The van der Waals surface area contributed by atoms with Crippen molar-refractivity contribution in [2.24, 2.45) is 0 Å². The predicted molar refractivity (Wildman–Crippen MR) is 139 cm³/mol. The molecule has 204 valence electrons. The van der Waals surface area contributed by atoms with E-state index >= 15 is 0 Å². The number of hydrogen-bond donors (Lipinski definition) is 1. The van der Waals surface area contributed by atoms with Gasteiger partial charge in [0.1, 0.15) is 17.0 Å². The molecular formula is C28H41N3O6. The molecule has 3 heterocycles. The third kappa shape index (κ3) is 6.87. The van der Waals surface area contributed by atoms with Crippen LogP contribution < -0.4 is 10.1 Å². The number of nitrogens with zero attached hydrogens (tertiary/aromatic N) is 2. The molecule has 0 aromatic heterocycles. The first-order valence-corrected chi connectivity index (χ1v) is 13.5. The number of rotatable bonds is 3. The van der Waals surface area contributed by atoms with Gasteiger partial charge in [0.2, 0.25) is 0 Å². The molecule has 2 saturated heterocycles. The predicted octanol–water partition coefficient (Wildman–Crippen LogP) is 4.52. The number of likely N-dealkylation sites (tertiary alicyclic amines) is 2. The maximum Gasteiger partial charge on any atom is 0.410 e. The normalized spacial score (nSPS) is 19.7. The zero-order chi connectivity index (χ0) is 26.8. The van der Waals surface area contributed by atoms with Crippen molar-refractivity contribution >= 4 is 18.1 Å². The molecule has 0 radical (unpaired) electrons. The summed E-state index contributed by atoms with van der Waals surface area (Å²) in [6, 6.07) is 5.67. The smallest absolute Gasteiger partial charge is 0.410 e. The molecule has 1 spiro atoms. The van der Waals surface area contributed by atoms with Gasteiger partial charge in [-0.3, -0.25) is 4.79 Å². The number of aryl methyl sites for hydroxylation is 1. The Morgan fingerprint density at radius 2 is 1.65 bits per heavy atom. The van der Waals surface area contributed by atoms with Crippen LogP contribution in [0.4, 0.5) is 9.59 Å². The highest BCUT2D eigenvalue weighted by atomic mass is 16.6. The monoisotopic (exact) mass is 515 g/mol. The highest BCUT2D eigenvalue weighted by Gasteiger charge is 2.41. The molecule has 9 heteroatoms. The van der Waals surface area contributed by atoms with Crippen LogP contribution in [0.2, 0.25) is 0 Å². The second-order valence-corrected chi connectivity index (χ2v) is 11.7. The summed E-state index contributed by atoms with van der Waals surface area (Å²) in [5, 5.41) is 3.13. The van der Waals surface area contributed by atoms with Gasteiger partial charge in [0.05, 0.1) is 6.10 Å². The minimum absolute atomic E-state index is 0.0225. The molecule has 3 aliphatic heterocycles. The Balaban J connectivity index is 1.28. The third-order valence-corrected chi connectivity index (χ3v) is 7.25. The SMILES string of the molecule is CC(C)OC(=O)N1CCC2(CCc3cc(C(=O)NC4CCN(C(=O)OC(C)(C)C)CC4)ccc3O2)CC1.